The standard InChI is InChI=1S/C26H20N2O3/c1-27-25-21(14-8-16-29)30-19-11-5-3-9-17(19)23(25)24-18-10-4-6-12-20(18)31-22-13-7-15-28(2)26(22)24/h3-16H,1-2H3/p+1. The van der Waals surface area contributed by atoms with Gasteiger partial charge in [0.1, 0.15) is 23.7 Å². The Hall–Kier alpha value is -4.12. The molecule has 31 heavy (non-hydrogen) atoms. The van der Waals surface area contributed by atoms with Gasteiger partial charge in [0.15, 0.2) is 17.4 Å². The highest BCUT2D eigenvalue weighted by Crippen LogP contribution is 2.40. The summed E-state index contributed by atoms with van der Waals surface area (Å²) in [6.07, 6.45) is 6.24. The third kappa shape index (κ3) is 3.02. The minimum atomic E-state index is 0.568. The fraction of sp³-hybridized carbons (Fsp3) is 0.0769. The van der Waals surface area contributed by atoms with Crippen LogP contribution >= 0.6 is 0 Å². The highest BCUT2D eigenvalue weighted by Gasteiger charge is 2.30. The molecule has 3 heterocycles. The van der Waals surface area contributed by atoms with Crippen LogP contribution in [0.1, 0.15) is 11.3 Å². The van der Waals surface area contributed by atoms with E-state index >= 15 is 0 Å². The van der Waals surface area contributed by atoms with Crippen LogP contribution in [0, 0.1) is 0 Å². The van der Waals surface area contributed by atoms with E-state index in [0.717, 1.165) is 50.8 Å². The topological polar surface area (TPSA) is 58.8 Å². The zero-order chi connectivity index (χ0) is 21.4. The lowest BCUT2D eigenvalue weighted by Gasteiger charge is -2.20. The molecule has 2 aromatic heterocycles. The first-order valence-corrected chi connectivity index (χ1v) is 9.99. The van der Waals surface area contributed by atoms with Gasteiger partial charge in [0.2, 0.25) is 0 Å². The van der Waals surface area contributed by atoms with Crippen molar-refractivity contribution in [2.75, 3.05) is 7.05 Å². The summed E-state index contributed by atoms with van der Waals surface area (Å²) in [5, 5.41) is 11.8. The molecule has 0 atom stereocenters. The van der Waals surface area contributed by atoms with E-state index in [1.807, 2.05) is 67.8 Å². The molecule has 0 radical (unpaired) electrons. The summed E-state index contributed by atoms with van der Waals surface area (Å²) in [7, 11) is 3.76. The summed E-state index contributed by atoms with van der Waals surface area (Å²) in [6, 6.07) is 19.9. The summed E-state index contributed by atoms with van der Waals surface area (Å²) in [5.41, 5.74) is 4.28. The number of allylic oxidation sites excluding steroid dienone is 1. The van der Waals surface area contributed by atoms with Crippen molar-refractivity contribution in [1.29, 1.82) is 0 Å². The molecule has 0 fully saturated rings. The number of rotatable bonds is 1. The molecule has 5 nitrogen and oxygen atoms in total. The molecule has 0 amide bonds. The van der Waals surface area contributed by atoms with Crippen LogP contribution in [0.25, 0.3) is 22.6 Å². The zero-order valence-electron chi connectivity index (χ0n) is 17.2. The number of ether oxygens (including phenoxy) is 1. The fourth-order valence-corrected chi connectivity index (χ4v) is 4.13. The van der Waals surface area contributed by atoms with Crippen LogP contribution in [0.15, 0.2) is 88.6 Å². The molecular formula is C26H21N2O3+. The minimum Gasteiger partial charge on any atom is -0.516 e. The van der Waals surface area contributed by atoms with Gasteiger partial charge in [-0.2, -0.15) is 4.57 Å². The SMILES string of the molecule is CN=c1c(=CC=CO)oc2ccccc2c1=C1c2ccccc2Oc2ccc[n+](C)c21. The second-order valence-corrected chi connectivity index (χ2v) is 7.22. The lowest BCUT2D eigenvalue weighted by atomic mass is 9.94. The smallest absolute Gasteiger partial charge is 0.256 e. The predicted molar refractivity (Wildman–Crippen MR) is 119 cm³/mol. The number of nitrogens with zero attached hydrogens (tertiary/aromatic N) is 2. The van der Waals surface area contributed by atoms with Crippen molar-refractivity contribution in [1.82, 2.24) is 0 Å². The van der Waals surface area contributed by atoms with E-state index in [1.54, 1.807) is 13.1 Å². The molecule has 4 aromatic rings. The zero-order valence-corrected chi connectivity index (χ0v) is 17.2. The monoisotopic (exact) mass is 409 g/mol. The Morgan fingerprint density at radius 3 is 2.58 bits per heavy atom. The molecule has 0 bridgehead atoms. The van der Waals surface area contributed by atoms with E-state index in [-0.39, 0.29) is 0 Å². The van der Waals surface area contributed by atoms with Gasteiger partial charge in [0, 0.05) is 29.3 Å². The van der Waals surface area contributed by atoms with Crippen LogP contribution in [0.3, 0.4) is 0 Å². The number of benzene rings is 2. The van der Waals surface area contributed by atoms with Gasteiger partial charge in [-0.3, -0.25) is 4.99 Å². The molecule has 0 aliphatic carbocycles. The van der Waals surface area contributed by atoms with E-state index in [0.29, 0.717) is 10.8 Å². The van der Waals surface area contributed by atoms with Crippen LogP contribution in [-0.2, 0) is 7.05 Å². The first kappa shape index (κ1) is 18.9. The summed E-state index contributed by atoms with van der Waals surface area (Å²) >= 11 is 0. The van der Waals surface area contributed by atoms with Gasteiger partial charge >= 0.3 is 0 Å². The average Bonchev–Trinajstić information content (AvgIpc) is 2.80. The van der Waals surface area contributed by atoms with Crippen LogP contribution in [-0.4, -0.2) is 12.2 Å². The first-order chi connectivity index (χ1) is 15.2. The van der Waals surface area contributed by atoms with Crippen molar-refractivity contribution in [3.63, 3.8) is 0 Å². The van der Waals surface area contributed by atoms with Gasteiger partial charge in [0.05, 0.1) is 11.8 Å². The molecular weight excluding hydrogens is 388 g/mol. The maximum atomic E-state index is 9.21. The van der Waals surface area contributed by atoms with Crippen molar-refractivity contribution in [2.45, 2.75) is 0 Å². The largest absolute Gasteiger partial charge is 0.516 e. The lowest BCUT2D eigenvalue weighted by Crippen LogP contribution is -2.44. The number of pyridine rings is 1. The normalized spacial score (nSPS) is 15.8. The van der Waals surface area contributed by atoms with E-state index in [9.17, 15) is 5.11 Å². The Bertz CT molecular complexity index is 1550. The quantitative estimate of drug-likeness (QED) is 0.342. The highest BCUT2D eigenvalue weighted by molar-refractivity contribution is 5.90. The van der Waals surface area contributed by atoms with E-state index in [4.69, 9.17) is 9.15 Å². The molecule has 2 aromatic carbocycles. The number of fused-ring (bicyclic) bond motifs is 3. The highest BCUT2D eigenvalue weighted by atomic mass is 16.5. The van der Waals surface area contributed by atoms with Crippen molar-refractivity contribution < 1.29 is 18.8 Å². The second-order valence-electron chi connectivity index (χ2n) is 7.22. The molecule has 5 rings (SSSR count). The van der Waals surface area contributed by atoms with Crippen molar-refractivity contribution in [3.8, 4) is 11.5 Å². The Balaban J connectivity index is 2.15. The van der Waals surface area contributed by atoms with Crippen LogP contribution < -0.4 is 25.3 Å². The molecule has 0 spiro atoms. The molecule has 1 N–H and O–H groups in total. The number of aryl methyl sites for hydroxylation is 1. The Morgan fingerprint density at radius 1 is 0.968 bits per heavy atom. The molecule has 1 aliphatic rings. The van der Waals surface area contributed by atoms with Gasteiger partial charge in [-0.15, -0.1) is 0 Å². The number of para-hydroxylation sites is 2. The third-order valence-electron chi connectivity index (χ3n) is 5.41. The summed E-state index contributed by atoms with van der Waals surface area (Å²) in [6.45, 7) is 0. The van der Waals surface area contributed by atoms with Gasteiger partial charge < -0.3 is 14.3 Å². The van der Waals surface area contributed by atoms with Gasteiger partial charge in [-0.05, 0) is 30.4 Å². The molecule has 0 unspecified atom stereocenters. The van der Waals surface area contributed by atoms with Gasteiger partial charge in [-0.25, -0.2) is 0 Å². The maximum Gasteiger partial charge on any atom is 0.256 e. The molecule has 0 saturated heterocycles. The van der Waals surface area contributed by atoms with Gasteiger partial charge in [-0.1, -0.05) is 36.4 Å². The summed E-state index contributed by atoms with van der Waals surface area (Å²) in [5.74, 6) is 1.58. The average molecular weight is 409 g/mol. The number of aliphatic hydroxyl groups is 1. The van der Waals surface area contributed by atoms with Crippen molar-refractivity contribution in [3.05, 3.63) is 106 Å². The molecule has 1 aliphatic heterocycles. The summed E-state index contributed by atoms with van der Waals surface area (Å²) in [4.78, 5) is 4.61. The van der Waals surface area contributed by atoms with E-state index in [2.05, 4.69) is 15.6 Å². The lowest BCUT2D eigenvalue weighted by molar-refractivity contribution is -0.674. The van der Waals surface area contributed by atoms with Crippen molar-refractivity contribution >= 4 is 22.6 Å². The van der Waals surface area contributed by atoms with Gasteiger partial charge in [0.25, 0.3) is 5.69 Å². The number of hydrogen-bond donors (Lipinski definition) is 1. The van der Waals surface area contributed by atoms with Crippen LogP contribution in [0.4, 0.5) is 0 Å². The number of aliphatic hydroxyl groups excluding tert-OH is 1. The predicted octanol–water partition coefficient (Wildman–Crippen LogP) is 2.99. The summed E-state index contributed by atoms with van der Waals surface area (Å²) < 4.78 is 14.5. The van der Waals surface area contributed by atoms with E-state index in [1.165, 1.54) is 6.08 Å². The maximum absolute atomic E-state index is 9.21. The fourth-order valence-electron chi connectivity index (χ4n) is 4.13. The molecule has 0 saturated carbocycles. The minimum absolute atomic E-state index is 0.568. The van der Waals surface area contributed by atoms with E-state index < -0.39 is 0 Å². The number of aromatic nitrogens is 1. The van der Waals surface area contributed by atoms with Crippen LogP contribution in [0.5, 0.6) is 11.5 Å². The number of hydrogen-bond acceptors (Lipinski definition) is 4. The van der Waals surface area contributed by atoms with Crippen molar-refractivity contribution in [2.24, 2.45) is 12.0 Å². The third-order valence-corrected chi connectivity index (χ3v) is 5.41. The Morgan fingerprint density at radius 2 is 1.74 bits per heavy atom. The Labute approximate surface area is 178 Å². The Kier molecular flexibility index (Phi) is 4.64. The second kappa shape index (κ2) is 7.61. The van der Waals surface area contributed by atoms with Crippen LogP contribution in [0.2, 0.25) is 0 Å². The first-order valence-electron chi connectivity index (χ1n) is 9.99. The molecule has 152 valence electrons. The molecule has 5 heteroatoms.